The van der Waals surface area contributed by atoms with E-state index in [1.54, 1.807) is 21.6 Å². The molecule has 2 rings (SSSR count). The molecule has 4 nitrogen and oxygen atoms in total. The van der Waals surface area contributed by atoms with Gasteiger partial charge < -0.3 is 11.5 Å². The van der Waals surface area contributed by atoms with Gasteiger partial charge in [0, 0.05) is 10.8 Å². The van der Waals surface area contributed by atoms with Gasteiger partial charge in [0.2, 0.25) is 0 Å². The Kier molecular flexibility index (Phi) is 3.16. The van der Waals surface area contributed by atoms with Crippen LogP contribution in [0.3, 0.4) is 0 Å². The molecule has 0 unspecified atom stereocenters. The minimum Gasteiger partial charge on any atom is -0.383 e. The van der Waals surface area contributed by atoms with Gasteiger partial charge in [-0.1, -0.05) is 0 Å². The average molecular weight is 262 g/mol. The van der Waals surface area contributed by atoms with Gasteiger partial charge in [-0.05, 0) is 21.6 Å². The fourth-order valence-electron chi connectivity index (χ4n) is 0.686. The molecule has 14 heavy (non-hydrogen) atoms. The van der Waals surface area contributed by atoms with Gasteiger partial charge in [0.15, 0.2) is 8.68 Å². The van der Waals surface area contributed by atoms with Gasteiger partial charge in [-0.3, -0.25) is 0 Å². The molecular formula is C6H6N4S4. The summed E-state index contributed by atoms with van der Waals surface area (Å²) in [5, 5.41) is 3.64. The molecule has 0 aromatic carbocycles. The largest absolute Gasteiger partial charge is 0.383 e. The Morgan fingerprint density at radius 2 is 1.36 bits per heavy atom. The van der Waals surface area contributed by atoms with E-state index in [9.17, 15) is 0 Å². The van der Waals surface area contributed by atoms with E-state index in [0.29, 0.717) is 11.6 Å². The number of hydrogen-bond acceptors (Lipinski definition) is 8. The molecule has 0 fully saturated rings. The predicted octanol–water partition coefficient (Wildman–Crippen LogP) is 2.56. The quantitative estimate of drug-likeness (QED) is 0.828. The number of nitrogens with two attached hydrogens (primary N) is 2. The fraction of sp³-hybridized carbons (Fsp3) is 0. The number of anilines is 2. The standard InChI is InChI=1S/C6H6N4S4/c7-3-1-11-5(9-3)13-14-6-10-4(8)2-12-6/h1-2H,7-8H2. The van der Waals surface area contributed by atoms with Gasteiger partial charge in [0.1, 0.15) is 11.6 Å². The van der Waals surface area contributed by atoms with Crippen LogP contribution in [0, 0.1) is 0 Å². The number of aromatic nitrogens is 2. The Hall–Kier alpha value is -0.440. The highest BCUT2D eigenvalue weighted by Gasteiger charge is 2.04. The fourth-order valence-corrected chi connectivity index (χ4v) is 4.55. The summed E-state index contributed by atoms with van der Waals surface area (Å²) in [6.45, 7) is 0. The lowest BCUT2D eigenvalue weighted by molar-refractivity contribution is 1.26. The van der Waals surface area contributed by atoms with Crippen molar-refractivity contribution in [3.63, 3.8) is 0 Å². The second-order valence-corrected chi connectivity index (χ2v) is 6.58. The monoisotopic (exact) mass is 262 g/mol. The second kappa shape index (κ2) is 4.39. The van der Waals surface area contributed by atoms with Crippen LogP contribution in [0.2, 0.25) is 0 Å². The maximum absolute atomic E-state index is 5.50. The molecule has 8 heteroatoms. The zero-order chi connectivity index (χ0) is 9.97. The van der Waals surface area contributed by atoms with E-state index >= 15 is 0 Å². The molecule has 0 aliphatic carbocycles. The maximum Gasteiger partial charge on any atom is 0.163 e. The first-order valence-corrected chi connectivity index (χ1v) is 7.41. The summed E-state index contributed by atoms with van der Waals surface area (Å²) < 4.78 is 1.86. The number of nitrogen functional groups attached to an aromatic ring is 2. The van der Waals surface area contributed by atoms with Crippen LogP contribution >= 0.6 is 44.3 Å². The minimum atomic E-state index is 0.566. The zero-order valence-electron chi connectivity index (χ0n) is 6.84. The molecular weight excluding hydrogens is 256 g/mol. The Morgan fingerprint density at radius 1 is 0.929 bits per heavy atom. The van der Waals surface area contributed by atoms with E-state index in [4.69, 9.17) is 11.5 Å². The molecule has 0 saturated carbocycles. The van der Waals surface area contributed by atoms with Gasteiger partial charge in [0.05, 0.1) is 0 Å². The second-order valence-electron chi connectivity index (χ2n) is 2.24. The van der Waals surface area contributed by atoms with Crippen molar-refractivity contribution in [1.29, 1.82) is 0 Å². The number of nitrogens with zero attached hydrogens (tertiary/aromatic N) is 2. The lowest BCUT2D eigenvalue weighted by Gasteiger charge is -1.90. The molecule has 2 heterocycles. The summed E-state index contributed by atoms with van der Waals surface area (Å²) in [7, 11) is 3.09. The Morgan fingerprint density at radius 3 is 1.64 bits per heavy atom. The van der Waals surface area contributed by atoms with Crippen molar-refractivity contribution in [2.24, 2.45) is 0 Å². The highest BCUT2D eigenvalue weighted by molar-refractivity contribution is 8.77. The molecule has 2 aromatic heterocycles. The summed E-state index contributed by atoms with van der Waals surface area (Å²) in [5.41, 5.74) is 11.0. The first-order chi connectivity index (χ1) is 6.74. The third-order valence-electron chi connectivity index (χ3n) is 1.19. The van der Waals surface area contributed by atoms with Crippen molar-refractivity contribution < 1.29 is 0 Å². The molecule has 0 amide bonds. The van der Waals surface area contributed by atoms with Crippen LogP contribution in [0.15, 0.2) is 19.4 Å². The normalized spacial score (nSPS) is 10.6. The molecule has 74 valence electrons. The summed E-state index contributed by atoms with van der Waals surface area (Å²) in [6, 6.07) is 0. The minimum absolute atomic E-state index is 0.566. The number of thiazole rings is 2. The first kappa shape index (κ1) is 10.1. The summed E-state index contributed by atoms with van der Waals surface area (Å²) in [4.78, 5) is 8.23. The molecule has 0 aliphatic heterocycles. The Labute approximate surface area is 96.5 Å². The molecule has 2 aromatic rings. The number of hydrogen-bond donors (Lipinski definition) is 2. The number of rotatable bonds is 3. The lowest BCUT2D eigenvalue weighted by atomic mass is 10.9. The van der Waals surface area contributed by atoms with Crippen molar-refractivity contribution in [1.82, 2.24) is 9.97 Å². The lowest BCUT2D eigenvalue weighted by Crippen LogP contribution is -1.82. The molecule has 0 atom stereocenters. The highest BCUT2D eigenvalue weighted by Crippen LogP contribution is 2.40. The van der Waals surface area contributed by atoms with E-state index in [-0.39, 0.29) is 0 Å². The third kappa shape index (κ3) is 2.53. The first-order valence-electron chi connectivity index (χ1n) is 3.50. The molecule has 0 bridgehead atoms. The van der Waals surface area contributed by atoms with E-state index in [0.717, 1.165) is 8.68 Å². The molecule has 0 aliphatic rings. The predicted molar refractivity (Wildman–Crippen MR) is 64.8 cm³/mol. The zero-order valence-corrected chi connectivity index (χ0v) is 10.1. The summed E-state index contributed by atoms with van der Waals surface area (Å²) in [6.07, 6.45) is 0. The smallest absolute Gasteiger partial charge is 0.163 e. The van der Waals surface area contributed by atoms with E-state index in [1.807, 2.05) is 10.8 Å². The molecule has 0 saturated heterocycles. The third-order valence-corrected chi connectivity index (χ3v) is 5.95. The van der Waals surface area contributed by atoms with E-state index in [1.165, 1.54) is 22.7 Å². The topological polar surface area (TPSA) is 77.8 Å². The van der Waals surface area contributed by atoms with Crippen molar-refractivity contribution in [2.75, 3.05) is 11.5 Å². The van der Waals surface area contributed by atoms with Crippen molar-refractivity contribution in [3.8, 4) is 0 Å². The summed E-state index contributed by atoms with van der Waals surface area (Å²) >= 11 is 3.05. The van der Waals surface area contributed by atoms with Crippen LogP contribution in [-0.2, 0) is 0 Å². The van der Waals surface area contributed by atoms with Crippen LogP contribution in [0.5, 0.6) is 0 Å². The molecule has 4 N–H and O–H groups in total. The van der Waals surface area contributed by atoms with E-state index < -0.39 is 0 Å². The van der Waals surface area contributed by atoms with Crippen LogP contribution in [0.25, 0.3) is 0 Å². The van der Waals surface area contributed by atoms with Gasteiger partial charge in [0.25, 0.3) is 0 Å². The maximum atomic E-state index is 5.50. The van der Waals surface area contributed by atoms with E-state index in [2.05, 4.69) is 9.97 Å². The molecule has 0 radical (unpaired) electrons. The Balaban J connectivity index is 1.94. The average Bonchev–Trinajstić information content (AvgIpc) is 2.72. The molecule has 0 spiro atoms. The van der Waals surface area contributed by atoms with Crippen molar-refractivity contribution >= 4 is 55.9 Å². The summed E-state index contributed by atoms with van der Waals surface area (Å²) in [5.74, 6) is 1.13. The van der Waals surface area contributed by atoms with Crippen molar-refractivity contribution in [3.05, 3.63) is 10.8 Å². The van der Waals surface area contributed by atoms with Crippen LogP contribution in [0.4, 0.5) is 11.6 Å². The Bertz CT molecular complexity index is 383. The van der Waals surface area contributed by atoms with Crippen LogP contribution in [-0.4, -0.2) is 9.97 Å². The van der Waals surface area contributed by atoms with Gasteiger partial charge in [-0.15, -0.1) is 22.7 Å². The van der Waals surface area contributed by atoms with Crippen LogP contribution < -0.4 is 11.5 Å². The highest BCUT2D eigenvalue weighted by atomic mass is 33.1. The van der Waals surface area contributed by atoms with Gasteiger partial charge in [-0.25, -0.2) is 9.97 Å². The van der Waals surface area contributed by atoms with Gasteiger partial charge >= 0.3 is 0 Å². The SMILES string of the molecule is Nc1csc(SSc2nc(N)cs2)n1. The van der Waals surface area contributed by atoms with Gasteiger partial charge in [-0.2, -0.15) is 0 Å². The van der Waals surface area contributed by atoms with Crippen molar-refractivity contribution in [2.45, 2.75) is 8.68 Å². The van der Waals surface area contributed by atoms with Crippen LogP contribution in [0.1, 0.15) is 0 Å².